The molecular formula is C11H22N4O2. The molecular weight excluding hydrogens is 220 g/mol. The van der Waals surface area contributed by atoms with Crippen LogP contribution in [0.25, 0.3) is 0 Å². The summed E-state index contributed by atoms with van der Waals surface area (Å²) < 4.78 is 0. The zero-order chi connectivity index (χ0) is 12.7. The van der Waals surface area contributed by atoms with E-state index in [4.69, 9.17) is 5.73 Å². The van der Waals surface area contributed by atoms with Crippen molar-refractivity contribution in [2.24, 2.45) is 5.73 Å². The highest BCUT2D eigenvalue weighted by Crippen LogP contribution is 2.06. The minimum Gasteiger partial charge on any atom is -0.351 e. The predicted octanol–water partition coefficient (Wildman–Crippen LogP) is -0.355. The summed E-state index contributed by atoms with van der Waals surface area (Å²) in [6, 6.07) is -1.19. The van der Waals surface area contributed by atoms with Gasteiger partial charge in [-0.15, -0.1) is 0 Å². The fraction of sp³-hybridized carbons (Fsp3) is 0.818. The topological polar surface area (TPSA) is 87.5 Å². The van der Waals surface area contributed by atoms with Gasteiger partial charge >= 0.3 is 6.03 Å². The number of nitrogens with two attached hydrogens (primary N) is 1. The zero-order valence-corrected chi connectivity index (χ0v) is 10.4. The number of rotatable bonds is 6. The Kier molecular flexibility index (Phi) is 5.93. The van der Waals surface area contributed by atoms with E-state index in [1.165, 1.54) is 25.9 Å². The molecule has 1 fully saturated rings. The Balaban J connectivity index is 2.04. The standard InChI is InChI=1S/C11H22N4O2/c1-9(10(16)14-11(12)17)13-5-4-8-15-6-2-3-7-15/h9,13H,2-8H2,1H3,(H3,12,14,16,17). The number of carbonyl (C=O) groups is 2. The Morgan fingerprint density at radius 2 is 2.00 bits per heavy atom. The van der Waals surface area contributed by atoms with Crippen molar-refractivity contribution in [1.82, 2.24) is 15.5 Å². The predicted molar refractivity (Wildman–Crippen MR) is 65.5 cm³/mol. The molecule has 1 aliphatic heterocycles. The van der Waals surface area contributed by atoms with E-state index in [9.17, 15) is 9.59 Å². The summed E-state index contributed by atoms with van der Waals surface area (Å²) in [6.45, 7) is 5.94. The van der Waals surface area contributed by atoms with E-state index >= 15 is 0 Å². The van der Waals surface area contributed by atoms with Gasteiger partial charge in [0.05, 0.1) is 6.04 Å². The van der Waals surface area contributed by atoms with Crippen LogP contribution in [0.4, 0.5) is 4.79 Å². The van der Waals surface area contributed by atoms with Crippen molar-refractivity contribution in [2.45, 2.75) is 32.2 Å². The number of nitrogens with zero attached hydrogens (tertiary/aromatic N) is 1. The molecule has 98 valence electrons. The second-order valence-electron chi connectivity index (χ2n) is 4.43. The van der Waals surface area contributed by atoms with E-state index in [0.29, 0.717) is 0 Å². The maximum atomic E-state index is 11.3. The van der Waals surface area contributed by atoms with Crippen molar-refractivity contribution in [1.29, 1.82) is 0 Å². The van der Waals surface area contributed by atoms with Crippen molar-refractivity contribution in [3.05, 3.63) is 0 Å². The van der Waals surface area contributed by atoms with Crippen LogP contribution in [0.3, 0.4) is 0 Å². The maximum Gasteiger partial charge on any atom is 0.318 e. The van der Waals surface area contributed by atoms with Gasteiger partial charge in [-0.3, -0.25) is 10.1 Å². The lowest BCUT2D eigenvalue weighted by molar-refractivity contribution is -0.121. The van der Waals surface area contributed by atoms with Gasteiger partial charge in [0.2, 0.25) is 5.91 Å². The Hall–Kier alpha value is -1.14. The summed E-state index contributed by atoms with van der Waals surface area (Å²) in [6.07, 6.45) is 3.60. The van der Waals surface area contributed by atoms with Crippen LogP contribution in [-0.4, -0.2) is 49.1 Å². The smallest absolute Gasteiger partial charge is 0.318 e. The first kappa shape index (κ1) is 13.9. The third-order valence-electron chi connectivity index (χ3n) is 2.94. The number of nitrogens with one attached hydrogen (secondary N) is 2. The van der Waals surface area contributed by atoms with Gasteiger partial charge in [0, 0.05) is 0 Å². The van der Waals surface area contributed by atoms with Gasteiger partial charge in [0.1, 0.15) is 0 Å². The van der Waals surface area contributed by atoms with Crippen LogP contribution in [0, 0.1) is 0 Å². The quantitative estimate of drug-likeness (QED) is 0.555. The van der Waals surface area contributed by atoms with E-state index in [-0.39, 0.29) is 11.9 Å². The second-order valence-corrected chi connectivity index (χ2v) is 4.43. The van der Waals surface area contributed by atoms with Gasteiger partial charge in [-0.05, 0) is 52.4 Å². The molecule has 4 N–H and O–H groups in total. The molecule has 3 amide bonds. The molecule has 0 bridgehead atoms. The first-order valence-corrected chi connectivity index (χ1v) is 6.15. The monoisotopic (exact) mass is 242 g/mol. The summed E-state index contributed by atoms with van der Waals surface area (Å²) in [5.41, 5.74) is 4.86. The van der Waals surface area contributed by atoms with Crippen molar-refractivity contribution >= 4 is 11.9 Å². The van der Waals surface area contributed by atoms with Crippen molar-refractivity contribution in [2.75, 3.05) is 26.2 Å². The number of primary amides is 1. The third-order valence-corrected chi connectivity index (χ3v) is 2.94. The van der Waals surface area contributed by atoms with E-state index in [1.54, 1.807) is 6.92 Å². The molecule has 6 nitrogen and oxygen atoms in total. The summed E-state index contributed by atoms with van der Waals surface area (Å²) in [4.78, 5) is 24.2. The van der Waals surface area contributed by atoms with Crippen LogP contribution in [0.5, 0.6) is 0 Å². The van der Waals surface area contributed by atoms with Gasteiger partial charge in [-0.1, -0.05) is 0 Å². The third kappa shape index (κ3) is 5.65. The highest BCUT2D eigenvalue weighted by molar-refractivity contribution is 5.96. The van der Waals surface area contributed by atoms with Crippen LogP contribution in [-0.2, 0) is 4.79 Å². The number of amides is 3. The van der Waals surface area contributed by atoms with Crippen LogP contribution in [0.15, 0.2) is 0 Å². The molecule has 0 spiro atoms. The first-order valence-electron chi connectivity index (χ1n) is 6.15. The highest BCUT2D eigenvalue weighted by atomic mass is 16.2. The summed E-state index contributed by atoms with van der Waals surface area (Å²) in [5, 5.41) is 5.12. The molecule has 1 aliphatic rings. The minimum absolute atomic E-state index is 0.376. The molecule has 1 heterocycles. The van der Waals surface area contributed by atoms with Crippen molar-refractivity contribution in [3.8, 4) is 0 Å². The normalized spacial score (nSPS) is 17.9. The molecule has 1 atom stereocenters. The summed E-state index contributed by atoms with van der Waals surface area (Å²) in [5.74, 6) is -0.376. The highest BCUT2D eigenvalue weighted by Gasteiger charge is 2.14. The molecule has 0 aromatic heterocycles. The first-order chi connectivity index (χ1) is 8.09. The molecule has 1 unspecified atom stereocenters. The molecule has 1 rings (SSSR count). The molecule has 0 radical (unpaired) electrons. The Labute approximate surface area is 102 Å². The van der Waals surface area contributed by atoms with Gasteiger partial charge < -0.3 is 16.0 Å². The fourth-order valence-electron chi connectivity index (χ4n) is 1.95. The van der Waals surface area contributed by atoms with Gasteiger partial charge in [0.25, 0.3) is 0 Å². The van der Waals surface area contributed by atoms with Gasteiger partial charge in [0.15, 0.2) is 0 Å². The van der Waals surface area contributed by atoms with Gasteiger partial charge in [-0.2, -0.15) is 0 Å². The molecule has 0 aromatic rings. The van der Waals surface area contributed by atoms with Crippen LogP contribution < -0.4 is 16.4 Å². The van der Waals surface area contributed by atoms with E-state index < -0.39 is 6.03 Å². The van der Waals surface area contributed by atoms with E-state index in [1.807, 2.05) is 0 Å². The lowest BCUT2D eigenvalue weighted by atomic mass is 10.3. The number of hydrogen-bond acceptors (Lipinski definition) is 4. The lowest BCUT2D eigenvalue weighted by Gasteiger charge is -2.16. The van der Waals surface area contributed by atoms with Crippen LogP contribution in [0.2, 0.25) is 0 Å². The number of urea groups is 1. The van der Waals surface area contributed by atoms with E-state index in [0.717, 1.165) is 19.5 Å². The summed E-state index contributed by atoms with van der Waals surface area (Å²) in [7, 11) is 0. The van der Waals surface area contributed by atoms with Gasteiger partial charge in [-0.25, -0.2) is 4.79 Å². The molecule has 6 heteroatoms. The van der Waals surface area contributed by atoms with E-state index in [2.05, 4.69) is 15.5 Å². The Morgan fingerprint density at radius 3 is 2.59 bits per heavy atom. The summed E-state index contributed by atoms with van der Waals surface area (Å²) >= 11 is 0. The largest absolute Gasteiger partial charge is 0.351 e. The Bertz CT molecular complexity index is 264. The number of imide groups is 1. The maximum absolute atomic E-state index is 11.3. The molecule has 17 heavy (non-hydrogen) atoms. The molecule has 1 saturated heterocycles. The fourth-order valence-corrected chi connectivity index (χ4v) is 1.95. The number of carbonyl (C=O) groups excluding carboxylic acids is 2. The minimum atomic E-state index is -0.805. The molecule has 0 aromatic carbocycles. The number of likely N-dealkylation sites (tertiary alicyclic amines) is 1. The van der Waals surface area contributed by atoms with Crippen LogP contribution in [0.1, 0.15) is 26.2 Å². The number of hydrogen-bond donors (Lipinski definition) is 3. The SMILES string of the molecule is CC(NCCCN1CCCC1)C(=O)NC(N)=O. The average Bonchev–Trinajstić information content (AvgIpc) is 2.75. The lowest BCUT2D eigenvalue weighted by Crippen LogP contribution is -2.46. The van der Waals surface area contributed by atoms with Crippen molar-refractivity contribution < 1.29 is 9.59 Å². The Morgan fingerprint density at radius 1 is 1.35 bits per heavy atom. The molecule has 0 aliphatic carbocycles. The van der Waals surface area contributed by atoms with Crippen molar-refractivity contribution in [3.63, 3.8) is 0 Å². The second kappa shape index (κ2) is 7.24. The average molecular weight is 242 g/mol. The van der Waals surface area contributed by atoms with Crippen LogP contribution >= 0.6 is 0 Å². The zero-order valence-electron chi connectivity index (χ0n) is 10.4. The molecule has 0 saturated carbocycles.